The molecule has 0 saturated heterocycles. The molecule has 466 valence electrons. The Kier molecular flexibility index (Phi) is 30.4. The quantitative estimate of drug-likeness (QED) is 0.00741. The van der Waals surface area contributed by atoms with Gasteiger partial charge in [0, 0.05) is 72.9 Å². The molecule has 17 heteroatoms. The summed E-state index contributed by atoms with van der Waals surface area (Å²) >= 11 is 0. The van der Waals surface area contributed by atoms with Crippen molar-refractivity contribution in [2.75, 3.05) is 43.5 Å². The maximum absolute atomic E-state index is 14.4. The Morgan fingerprint density at radius 1 is 0.616 bits per heavy atom. The molecule has 1 atom stereocenters. The highest BCUT2D eigenvalue weighted by Crippen LogP contribution is 2.37. The van der Waals surface area contributed by atoms with E-state index < -0.39 is 11.9 Å². The van der Waals surface area contributed by atoms with Crippen molar-refractivity contribution in [3.8, 4) is 0 Å². The molecule has 4 aromatic rings. The van der Waals surface area contributed by atoms with E-state index in [0.717, 1.165) is 85.1 Å². The first kappa shape index (κ1) is 67.8. The largest absolute Gasteiger partial charge is 0.466 e. The number of nitrogens with one attached hydrogen (secondary N) is 5. The van der Waals surface area contributed by atoms with Crippen LogP contribution in [-0.4, -0.2) is 91.8 Å². The lowest BCUT2D eigenvalue weighted by Gasteiger charge is -2.32. The predicted octanol–water partition coefficient (Wildman–Crippen LogP) is 10.6. The van der Waals surface area contributed by atoms with E-state index in [-0.39, 0.29) is 67.4 Å². The number of nitrogens with two attached hydrogens (primary N) is 2. The van der Waals surface area contributed by atoms with E-state index in [9.17, 15) is 33.6 Å². The van der Waals surface area contributed by atoms with Crippen LogP contribution < -0.4 is 42.6 Å². The van der Waals surface area contributed by atoms with Gasteiger partial charge in [-0.05, 0) is 125 Å². The standard InChI is InChI=1S/C69H97N9O8/c1-3-4-5-6-7-8-11-26-47-72-61(79)39-23-24-40-63(81)77-51-54-32-19-20-35-57(54)65(71-2)66(58-36-21-22-38-60(58)77)78(70)49-28-25-37-59(76-68(84)53-41-43-56(44-42-53)75-67(83)52-30-15-14-16-31-52)69(85)73-48-27-12-13-29-50-86-64(82)46-45-62(80)74-55-33-17-9-10-18-34-55/h14-16,19-22,30-32,35-36,38,41-44,55,59,71H,3-13,17-18,23-29,33-34,37,39-40,45-51,70H2,1-2H3,(H,72,79)(H,73,85)(H,74,80)(H,75,83)(H,76,84)/p+1/b66-65-. The van der Waals surface area contributed by atoms with Crippen molar-refractivity contribution in [3.63, 3.8) is 0 Å². The number of carbonyl (C=O) groups excluding carboxylic acids is 7. The van der Waals surface area contributed by atoms with Crippen LogP contribution in [0.15, 0.2) is 103 Å². The second-order valence-corrected chi connectivity index (χ2v) is 23.0. The van der Waals surface area contributed by atoms with Crippen LogP contribution in [0, 0.1) is 0 Å². The van der Waals surface area contributed by atoms with E-state index in [1.54, 1.807) is 53.5 Å². The number of carbonyl (C=O) groups is 7. The van der Waals surface area contributed by atoms with Crippen LogP contribution in [0.1, 0.15) is 218 Å². The highest BCUT2D eigenvalue weighted by atomic mass is 16.5. The molecule has 17 nitrogen and oxygen atoms in total. The number of ether oxygens (including phenoxy) is 1. The van der Waals surface area contributed by atoms with Gasteiger partial charge in [0.05, 0.1) is 32.3 Å². The number of hydrogen-bond acceptors (Lipinski definition) is 10. The molecule has 9 N–H and O–H groups in total. The van der Waals surface area contributed by atoms with Gasteiger partial charge < -0.3 is 46.5 Å². The third-order valence-corrected chi connectivity index (χ3v) is 16.2. The lowest BCUT2D eigenvalue weighted by Crippen LogP contribution is -2.77. The first-order valence-corrected chi connectivity index (χ1v) is 32.3. The van der Waals surface area contributed by atoms with Crippen LogP contribution >= 0.6 is 0 Å². The fourth-order valence-electron chi connectivity index (χ4n) is 11.3. The minimum Gasteiger partial charge on any atom is -0.466 e. The predicted molar refractivity (Wildman–Crippen MR) is 341 cm³/mol. The first-order chi connectivity index (χ1) is 41.9. The second-order valence-electron chi connectivity index (χ2n) is 23.0. The van der Waals surface area contributed by atoms with E-state index in [2.05, 4.69) is 44.9 Å². The Hall–Kier alpha value is -7.37. The van der Waals surface area contributed by atoms with Crippen molar-refractivity contribution in [2.24, 2.45) is 5.84 Å². The average molecular weight is 1180 g/mol. The van der Waals surface area contributed by atoms with E-state index >= 15 is 0 Å². The molecule has 4 aromatic carbocycles. The van der Waals surface area contributed by atoms with Crippen LogP contribution in [0.4, 0.5) is 11.4 Å². The Morgan fingerprint density at radius 2 is 1.24 bits per heavy atom. The van der Waals surface area contributed by atoms with Crippen molar-refractivity contribution in [1.82, 2.24) is 26.3 Å². The molecule has 0 radical (unpaired) electrons. The molecule has 0 bridgehead atoms. The Labute approximate surface area is 511 Å². The summed E-state index contributed by atoms with van der Waals surface area (Å²) in [7, 11) is 1.99. The molecule has 0 spiro atoms. The van der Waals surface area contributed by atoms with Gasteiger partial charge in [-0.1, -0.05) is 139 Å². The number of para-hydroxylation sites is 1. The highest BCUT2D eigenvalue weighted by molar-refractivity contribution is 6.05. The molecular formula is C69H98N9O8+. The summed E-state index contributed by atoms with van der Waals surface area (Å²) in [5.74, 6) is 5.63. The molecule has 6 rings (SSSR count). The monoisotopic (exact) mass is 1180 g/mol. The zero-order valence-corrected chi connectivity index (χ0v) is 51.4. The average Bonchev–Trinajstić information content (AvgIpc) is 1.51. The number of quaternary nitrogens is 1. The summed E-state index contributed by atoms with van der Waals surface area (Å²) in [4.78, 5) is 94.4. The lowest BCUT2D eigenvalue weighted by atomic mass is 9.95. The number of hydrazine groups is 1. The van der Waals surface area contributed by atoms with Crippen molar-refractivity contribution in [3.05, 3.63) is 131 Å². The lowest BCUT2D eigenvalue weighted by molar-refractivity contribution is -0.530. The summed E-state index contributed by atoms with van der Waals surface area (Å²) in [5, 5.41) is 18.8. The van der Waals surface area contributed by atoms with Crippen molar-refractivity contribution >= 4 is 64.2 Å². The van der Waals surface area contributed by atoms with Crippen molar-refractivity contribution in [2.45, 2.75) is 199 Å². The number of amides is 6. The van der Waals surface area contributed by atoms with Crippen LogP contribution in [0.2, 0.25) is 0 Å². The number of benzene rings is 4. The number of anilines is 2. The Morgan fingerprint density at radius 3 is 1.97 bits per heavy atom. The minimum absolute atomic E-state index is 0.0299. The molecule has 86 heavy (non-hydrogen) atoms. The number of esters is 1. The fraction of sp³-hybridized carbons (Fsp3) is 0.522. The van der Waals surface area contributed by atoms with Crippen molar-refractivity contribution in [1.29, 1.82) is 0 Å². The van der Waals surface area contributed by atoms with Crippen LogP contribution in [0.3, 0.4) is 0 Å². The summed E-state index contributed by atoms with van der Waals surface area (Å²) in [6, 6.07) is 30.6. The third-order valence-electron chi connectivity index (χ3n) is 16.2. The van der Waals surface area contributed by atoms with Gasteiger partial charge in [-0.15, -0.1) is 0 Å². The molecule has 1 fully saturated rings. The number of unbranched alkanes of at least 4 members (excludes halogenated alkanes) is 12. The van der Waals surface area contributed by atoms with Gasteiger partial charge >= 0.3 is 5.97 Å². The highest BCUT2D eigenvalue weighted by Gasteiger charge is 2.31. The summed E-state index contributed by atoms with van der Waals surface area (Å²) in [5.41, 5.74) is 6.53. The summed E-state index contributed by atoms with van der Waals surface area (Å²) in [6.07, 6.45) is 22.7. The Balaban J connectivity index is 1.03. The summed E-state index contributed by atoms with van der Waals surface area (Å²) in [6.45, 7) is 4.32. The zero-order chi connectivity index (χ0) is 61.1. The van der Waals surface area contributed by atoms with Crippen molar-refractivity contribution < 1.29 is 43.6 Å². The smallest absolute Gasteiger partial charge is 0.306 e. The topological polar surface area (TPSA) is 238 Å². The van der Waals surface area contributed by atoms with Gasteiger partial charge in [0.15, 0.2) is 5.70 Å². The molecule has 1 unspecified atom stereocenters. The van der Waals surface area contributed by atoms with Gasteiger partial charge in [0.25, 0.3) is 11.8 Å². The van der Waals surface area contributed by atoms with Gasteiger partial charge in [0.2, 0.25) is 23.6 Å². The van der Waals surface area contributed by atoms with E-state index in [1.807, 2.05) is 60.5 Å². The SMILES string of the molecule is CCCCCCCCCCNC(=O)CCCCC(=O)N1Cc2ccccc2/C([NH2+]C)=C(/N(N)CCCCC(NC(=O)c2ccc(NC(=O)c3ccccc3)cc2)C(=O)NCCCCCCOC(=O)CCC(=O)NC2CCCCCC2)c2ccccc21. The van der Waals surface area contributed by atoms with Gasteiger partial charge in [0.1, 0.15) is 11.7 Å². The summed E-state index contributed by atoms with van der Waals surface area (Å²) < 4.78 is 5.41. The maximum Gasteiger partial charge on any atom is 0.306 e. The second kappa shape index (κ2) is 38.6. The maximum atomic E-state index is 14.4. The van der Waals surface area contributed by atoms with Gasteiger partial charge in [-0.3, -0.25) is 33.6 Å². The van der Waals surface area contributed by atoms with Crippen LogP contribution in [0.25, 0.3) is 11.4 Å². The molecular weight excluding hydrogens is 1080 g/mol. The van der Waals surface area contributed by atoms with Gasteiger partial charge in [-0.2, -0.15) is 0 Å². The molecule has 0 aromatic heterocycles. The first-order valence-electron chi connectivity index (χ1n) is 32.3. The minimum atomic E-state index is -0.874. The fourth-order valence-corrected chi connectivity index (χ4v) is 11.3. The number of nitrogens with zero attached hydrogens (tertiary/aromatic N) is 2. The number of hydrogen-bond donors (Lipinski definition) is 7. The van der Waals surface area contributed by atoms with E-state index in [1.165, 1.54) is 51.4 Å². The van der Waals surface area contributed by atoms with Crippen LogP contribution in [0.5, 0.6) is 0 Å². The molecule has 2 aliphatic rings. The van der Waals surface area contributed by atoms with E-state index in [4.69, 9.17) is 10.6 Å². The number of rotatable bonds is 37. The normalized spacial score (nSPS) is 14.5. The number of fused-ring (bicyclic) bond motifs is 2. The zero-order valence-electron chi connectivity index (χ0n) is 51.4. The van der Waals surface area contributed by atoms with Crippen LogP contribution in [-0.2, 0) is 35.3 Å². The molecule has 1 heterocycles. The molecule has 1 aliphatic carbocycles. The molecule has 6 amide bonds. The molecule has 1 aliphatic heterocycles. The van der Waals surface area contributed by atoms with E-state index in [0.29, 0.717) is 94.4 Å². The van der Waals surface area contributed by atoms with Gasteiger partial charge in [-0.25, -0.2) is 5.84 Å². The molecule has 1 saturated carbocycles. The third kappa shape index (κ3) is 23.5. The Bertz CT molecular complexity index is 2780.